The van der Waals surface area contributed by atoms with Crippen LogP contribution >= 0.6 is 11.3 Å². The van der Waals surface area contributed by atoms with Crippen LogP contribution in [0.25, 0.3) is 0 Å². The molecule has 1 rings (SSSR count). The number of nitrogens with two attached hydrogens (primary N) is 1. The van der Waals surface area contributed by atoms with Crippen LogP contribution in [0.5, 0.6) is 0 Å². The average Bonchev–Trinajstić information content (AvgIpc) is 2.47. The minimum atomic E-state index is -0.164. The van der Waals surface area contributed by atoms with Gasteiger partial charge in [-0.2, -0.15) is 0 Å². The first kappa shape index (κ1) is 9.51. The third kappa shape index (κ3) is 2.48. The van der Waals surface area contributed by atoms with E-state index < -0.39 is 0 Å². The Morgan fingerprint density at radius 2 is 2.08 bits per heavy atom. The third-order valence-electron chi connectivity index (χ3n) is 1.58. The summed E-state index contributed by atoms with van der Waals surface area (Å²) in [6.07, 6.45) is 0.595. The number of rotatable bonds is 4. The topological polar surface area (TPSA) is 44.5 Å². The van der Waals surface area contributed by atoms with Crippen LogP contribution in [-0.2, 0) is 15.9 Å². The van der Waals surface area contributed by atoms with Gasteiger partial charge in [0.2, 0.25) is 0 Å². The van der Waals surface area contributed by atoms with Crippen LogP contribution < -0.4 is 5.73 Å². The first-order chi connectivity index (χ1) is 5.76. The fourth-order valence-corrected chi connectivity index (χ4v) is 1.73. The lowest BCUT2D eigenvalue weighted by Crippen LogP contribution is -2.15. The van der Waals surface area contributed by atoms with Crippen LogP contribution in [0.3, 0.4) is 0 Å². The van der Waals surface area contributed by atoms with Crippen molar-refractivity contribution in [2.75, 3.05) is 20.0 Å². The summed E-state index contributed by atoms with van der Waals surface area (Å²) in [5.74, 6) is 0. The first-order valence-electron chi connectivity index (χ1n) is 3.66. The molecule has 1 aromatic rings. The van der Waals surface area contributed by atoms with Crippen LogP contribution in [0.1, 0.15) is 4.88 Å². The molecule has 0 saturated heterocycles. The Hall–Kier alpha value is -0.580. The lowest BCUT2D eigenvalue weighted by Gasteiger charge is -2.11. The van der Waals surface area contributed by atoms with Crippen molar-refractivity contribution >= 4 is 16.3 Å². The maximum atomic E-state index is 5.57. The molecule has 0 aliphatic heterocycles. The number of anilines is 1. The van der Waals surface area contributed by atoms with E-state index in [0.717, 1.165) is 11.4 Å². The quantitative estimate of drug-likeness (QED) is 0.726. The van der Waals surface area contributed by atoms with E-state index in [2.05, 4.69) is 0 Å². The molecule has 0 spiro atoms. The molecule has 0 aromatic carbocycles. The maximum Gasteiger partial charge on any atom is 0.161 e. The van der Waals surface area contributed by atoms with Crippen molar-refractivity contribution in [1.82, 2.24) is 0 Å². The van der Waals surface area contributed by atoms with Crippen molar-refractivity contribution in [2.45, 2.75) is 12.7 Å². The van der Waals surface area contributed by atoms with Crippen LogP contribution in [0.15, 0.2) is 12.1 Å². The standard InChI is InChI=1S/C8H13NO2S/c1-10-8(11-2)5-6-3-4-7(9)12-6/h3-4,8H,5,9H2,1-2H3. The molecule has 0 unspecified atom stereocenters. The molecule has 0 aliphatic rings. The van der Waals surface area contributed by atoms with Gasteiger partial charge < -0.3 is 15.2 Å². The molecule has 0 saturated carbocycles. The van der Waals surface area contributed by atoms with Crippen molar-refractivity contribution in [3.63, 3.8) is 0 Å². The lowest BCUT2D eigenvalue weighted by atomic mass is 10.3. The van der Waals surface area contributed by atoms with Crippen molar-refractivity contribution in [2.24, 2.45) is 0 Å². The van der Waals surface area contributed by atoms with Crippen molar-refractivity contribution in [3.05, 3.63) is 17.0 Å². The van der Waals surface area contributed by atoms with E-state index in [0.29, 0.717) is 0 Å². The highest BCUT2D eigenvalue weighted by atomic mass is 32.1. The molecular weight excluding hydrogens is 174 g/mol. The second-order valence-electron chi connectivity index (χ2n) is 2.41. The minimum Gasteiger partial charge on any atom is -0.391 e. The second-order valence-corrected chi connectivity index (χ2v) is 3.61. The molecule has 1 aromatic heterocycles. The molecular formula is C8H13NO2S. The summed E-state index contributed by atoms with van der Waals surface area (Å²) in [4.78, 5) is 1.18. The minimum absolute atomic E-state index is 0.164. The summed E-state index contributed by atoms with van der Waals surface area (Å²) in [5, 5.41) is 0.830. The summed E-state index contributed by atoms with van der Waals surface area (Å²) < 4.78 is 10.1. The molecule has 0 atom stereocenters. The van der Waals surface area contributed by atoms with Gasteiger partial charge in [0, 0.05) is 25.5 Å². The molecule has 0 aliphatic carbocycles. The van der Waals surface area contributed by atoms with Gasteiger partial charge in [0.1, 0.15) is 0 Å². The van der Waals surface area contributed by atoms with E-state index in [4.69, 9.17) is 15.2 Å². The Morgan fingerprint density at radius 3 is 2.50 bits per heavy atom. The summed E-state index contributed by atoms with van der Waals surface area (Å²) in [6, 6.07) is 3.88. The normalized spacial score (nSPS) is 10.9. The number of nitrogen functional groups attached to an aromatic ring is 1. The molecule has 68 valence electrons. The summed E-state index contributed by atoms with van der Waals surface area (Å²) in [6.45, 7) is 0. The zero-order chi connectivity index (χ0) is 8.97. The molecule has 0 amide bonds. The van der Waals surface area contributed by atoms with Crippen molar-refractivity contribution < 1.29 is 9.47 Å². The lowest BCUT2D eigenvalue weighted by molar-refractivity contribution is -0.0998. The molecule has 0 radical (unpaired) electrons. The van der Waals surface area contributed by atoms with E-state index >= 15 is 0 Å². The van der Waals surface area contributed by atoms with Gasteiger partial charge in [0.05, 0.1) is 5.00 Å². The Bertz CT molecular complexity index is 233. The van der Waals surface area contributed by atoms with Gasteiger partial charge in [-0.05, 0) is 12.1 Å². The largest absolute Gasteiger partial charge is 0.391 e. The Morgan fingerprint density at radius 1 is 1.42 bits per heavy atom. The molecule has 2 N–H and O–H groups in total. The SMILES string of the molecule is COC(Cc1ccc(N)s1)OC. The highest BCUT2D eigenvalue weighted by Crippen LogP contribution is 2.20. The van der Waals surface area contributed by atoms with Gasteiger partial charge >= 0.3 is 0 Å². The average molecular weight is 187 g/mol. The van der Waals surface area contributed by atoms with Gasteiger partial charge in [-0.1, -0.05) is 0 Å². The fourth-order valence-electron chi connectivity index (χ4n) is 0.931. The van der Waals surface area contributed by atoms with Crippen LogP contribution in [0.4, 0.5) is 5.00 Å². The highest BCUT2D eigenvalue weighted by molar-refractivity contribution is 7.15. The van der Waals surface area contributed by atoms with Crippen LogP contribution in [0, 0.1) is 0 Å². The molecule has 4 heteroatoms. The molecule has 0 fully saturated rings. The number of methoxy groups -OCH3 is 2. The van der Waals surface area contributed by atoms with Crippen LogP contribution in [0.2, 0.25) is 0 Å². The second kappa shape index (κ2) is 4.45. The zero-order valence-electron chi connectivity index (χ0n) is 7.24. The fraction of sp³-hybridized carbons (Fsp3) is 0.500. The number of thiophene rings is 1. The molecule has 3 nitrogen and oxygen atoms in total. The predicted molar refractivity (Wildman–Crippen MR) is 50.2 cm³/mol. The van der Waals surface area contributed by atoms with E-state index in [1.807, 2.05) is 12.1 Å². The van der Waals surface area contributed by atoms with Gasteiger partial charge in [-0.3, -0.25) is 0 Å². The van der Waals surface area contributed by atoms with Gasteiger partial charge in [0.25, 0.3) is 0 Å². The highest BCUT2D eigenvalue weighted by Gasteiger charge is 2.07. The molecule has 1 heterocycles. The van der Waals surface area contributed by atoms with Crippen LogP contribution in [-0.4, -0.2) is 20.5 Å². The predicted octanol–water partition coefficient (Wildman–Crippen LogP) is 1.49. The summed E-state index contributed by atoms with van der Waals surface area (Å²) in [7, 11) is 3.26. The number of hydrogen-bond donors (Lipinski definition) is 1. The van der Waals surface area contributed by atoms with Crippen molar-refractivity contribution in [3.8, 4) is 0 Å². The first-order valence-corrected chi connectivity index (χ1v) is 4.47. The van der Waals surface area contributed by atoms with E-state index in [1.165, 1.54) is 4.88 Å². The number of hydrogen-bond acceptors (Lipinski definition) is 4. The number of ether oxygens (including phenoxy) is 2. The van der Waals surface area contributed by atoms with Gasteiger partial charge in [-0.25, -0.2) is 0 Å². The third-order valence-corrected chi connectivity index (χ3v) is 2.51. The van der Waals surface area contributed by atoms with Crippen molar-refractivity contribution in [1.29, 1.82) is 0 Å². The van der Waals surface area contributed by atoms with E-state index in [1.54, 1.807) is 25.6 Å². The van der Waals surface area contributed by atoms with E-state index in [9.17, 15) is 0 Å². The Kier molecular flexibility index (Phi) is 3.52. The summed E-state index contributed by atoms with van der Waals surface area (Å²) in [5.41, 5.74) is 5.57. The molecule has 0 bridgehead atoms. The maximum absolute atomic E-state index is 5.57. The monoisotopic (exact) mass is 187 g/mol. The molecule has 12 heavy (non-hydrogen) atoms. The van der Waals surface area contributed by atoms with Gasteiger partial charge in [-0.15, -0.1) is 11.3 Å². The van der Waals surface area contributed by atoms with E-state index in [-0.39, 0.29) is 6.29 Å². The van der Waals surface area contributed by atoms with Gasteiger partial charge in [0.15, 0.2) is 6.29 Å². The summed E-state index contributed by atoms with van der Waals surface area (Å²) >= 11 is 1.56. The Balaban J connectivity index is 2.50. The Labute approximate surface area is 76.1 Å². The zero-order valence-corrected chi connectivity index (χ0v) is 8.06. The smallest absolute Gasteiger partial charge is 0.161 e.